The first-order chi connectivity index (χ1) is 10.5. The Hall–Kier alpha value is -1.97. The van der Waals surface area contributed by atoms with Crippen molar-refractivity contribution < 1.29 is 23.7 Å². The third kappa shape index (κ3) is 6.65. The van der Waals surface area contributed by atoms with E-state index in [4.69, 9.17) is 9.16 Å². The number of nitrogens with zero attached hydrogens (tertiary/aromatic N) is 1. The van der Waals surface area contributed by atoms with Gasteiger partial charge in [-0.15, -0.1) is 0 Å². The number of amides is 1. The van der Waals surface area contributed by atoms with E-state index in [1.165, 1.54) is 12.1 Å². The standard InChI is InChI=1S/C13H19N2O6Si/c1-2-21-22(19)9-5-8-14-13(16)20-10-11-6-3-4-7-12(11)15(17)18/h3-4,6-7,19H,2,5,8-10H2,1H3,(H,14,16). The Bertz CT molecular complexity index is 499. The van der Waals surface area contributed by atoms with Crippen molar-refractivity contribution in [3.8, 4) is 0 Å². The largest absolute Gasteiger partial charge is 0.444 e. The van der Waals surface area contributed by atoms with Crippen LogP contribution in [-0.2, 0) is 15.8 Å². The smallest absolute Gasteiger partial charge is 0.407 e. The van der Waals surface area contributed by atoms with Gasteiger partial charge in [0.2, 0.25) is 0 Å². The van der Waals surface area contributed by atoms with Crippen LogP contribution in [0.25, 0.3) is 0 Å². The molecule has 22 heavy (non-hydrogen) atoms. The molecule has 0 unspecified atom stereocenters. The van der Waals surface area contributed by atoms with E-state index in [1.807, 2.05) is 0 Å². The Morgan fingerprint density at radius 2 is 2.18 bits per heavy atom. The lowest BCUT2D eigenvalue weighted by Gasteiger charge is -2.08. The highest BCUT2D eigenvalue weighted by molar-refractivity contribution is 6.42. The number of hydrogen-bond acceptors (Lipinski definition) is 6. The van der Waals surface area contributed by atoms with Crippen molar-refractivity contribution in [3.63, 3.8) is 0 Å². The Balaban J connectivity index is 2.28. The molecule has 0 aliphatic carbocycles. The molecule has 1 aromatic rings. The van der Waals surface area contributed by atoms with E-state index < -0.39 is 20.3 Å². The Kier molecular flexibility index (Phi) is 8.11. The summed E-state index contributed by atoms with van der Waals surface area (Å²) in [7, 11) is -1.77. The molecule has 1 radical (unpaired) electrons. The van der Waals surface area contributed by atoms with Gasteiger partial charge in [0, 0.05) is 19.2 Å². The summed E-state index contributed by atoms with van der Waals surface area (Å²) in [6, 6.07) is 6.59. The topological polar surface area (TPSA) is 111 Å². The lowest BCUT2D eigenvalue weighted by molar-refractivity contribution is -0.385. The molecular weight excluding hydrogens is 308 g/mol. The second-order valence-corrected chi connectivity index (χ2v) is 5.90. The zero-order valence-corrected chi connectivity index (χ0v) is 13.3. The number of nitrogens with one attached hydrogen (secondary N) is 1. The first-order valence-electron chi connectivity index (χ1n) is 6.85. The molecule has 0 aliphatic heterocycles. The molecule has 0 atom stereocenters. The summed E-state index contributed by atoms with van der Waals surface area (Å²) >= 11 is 0. The van der Waals surface area contributed by atoms with Crippen molar-refractivity contribution in [2.24, 2.45) is 0 Å². The summed E-state index contributed by atoms with van der Waals surface area (Å²) in [5.74, 6) is 0. The van der Waals surface area contributed by atoms with Crippen molar-refractivity contribution in [3.05, 3.63) is 39.9 Å². The van der Waals surface area contributed by atoms with E-state index in [1.54, 1.807) is 19.1 Å². The maximum Gasteiger partial charge on any atom is 0.407 e. The minimum Gasteiger partial charge on any atom is -0.444 e. The van der Waals surface area contributed by atoms with Crippen LogP contribution < -0.4 is 5.32 Å². The molecule has 9 heteroatoms. The van der Waals surface area contributed by atoms with Crippen LogP contribution in [0.5, 0.6) is 0 Å². The first-order valence-corrected chi connectivity index (χ1v) is 8.41. The summed E-state index contributed by atoms with van der Waals surface area (Å²) in [5, 5.41) is 13.3. The fraction of sp³-hybridized carbons (Fsp3) is 0.462. The van der Waals surface area contributed by atoms with E-state index in [9.17, 15) is 19.7 Å². The van der Waals surface area contributed by atoms with Crippen LogP contribution in [0.2, 0.25) is 6.04 Å². The number of benzene rings is 1. The monoisotopic (exact) mass is 327 g/mol. The molecule has 0 saturated heterocycles. The van der Waals surface area contributed by atoms with Crippen molar-refractivity contribution in [2.75, 3.05) is 13.2 Å². The predicted molar refractivity (Wildman–Crippen MR) is 80.3 cm³/mol. The van der Waals surface area contributed by atoms with Crippen molar-refractivity contribution in [1.29, 1.82) is 0 Å². The van der Waals surface area contributed by atoms with Gasteiger partial charge >= 0.3 is 15.4 Å². The van der Waals surface area contributed by atoms with Gasteiger partial charge in [-0.3, -0.25) is 10.1 Å². The highest BCUT2D eigenvalue weighted by Gasteiger charge is 2.14. The predicted octanol–water partition coefficient (Wildman–Crippen LogP) is 1.73. The van der Waals surface area contributed by atoms with Crippen LogP contribution in [0.4, 0.5) is 10.5 Å². The number of carbonyl (C=O) groups excluding carboxylic acids is 1. The summed E-state index contributed by atoms with van der Waals surface area (Å²) < 4.78 is 9.97. The minimum absolute atomic E-state index is 0.0838. The lowest BCUT2D eigenvalue weighted by atomic mass is 10.2. The van der Waals surface area contributed by atoms with Crippen molar-refractivity contribution >= 4 is 21.1 Å². The molecule has 0 saturated carbocycles. The first kappa shape index (κ1) is 18.1. The summed E-state index contributed by atoms with van der Waals surface area (Å²) in [4.78, 5) is 31.2. The maximum atomic E-state index is 11.5. The van der Waals surface area contributed by atoms with Gasteiger partial charge in [-0.2, -0.15) is 0 Å². The molecule has 121 valence electrons. The quantitative estimate of drug-likeness (QED) is 0.309. The molecule has 1 amide bonds. The lowest BCUT2D eigenvalue weighted by Crippen LogP contribution is -2.27. The van der Waals surface area contributed by atoms with Gasteiger partial charge in [0.1, 0.15) is 6.61 Å². The second-order valence-electron chi connectivity index (χ2n) is 4.32. The number of alkyl carbamates (subject to hydrolysis) is 1. The number of nitro groups is 1. The SMILES string of the molecule is CCO[Si](O)CCCNC(=O)OCc1ccccc1[N+](=O)[O-]. The van der Waals surface area contributed by atoms with Crippen LogP contribution in [0.15, 0.2) is 24.3 Å². The van der Waals surface area contributed by atoms with E-state index in [-0.39, 0.29) is 12.3 Å². The number of nitro benzene ring substituents is 1. The van der Waals surface area contributed by atoms with Gasteiger partial charge < -0.3 is 19.3 Å². The van der Waals surface area contributed by atoms with Crippen molar-refractivity contribution in [2.45, 2.75) is 26.0 Å². The highest BCUT2D eigenvalue weighted by atomic mass is 28.3. The van der Waals surface area contributed by atoms with Crippen LogP contribution >= 0.6 is 0 Å². The molecule has 0 aliphatic rings. The average molecular weight is 327 g/mol. The number of ether oxygens (including phenoxy) is 1. The highest BCUT2D eigenvalue weighted by Crippen LogP contribution is 2.18. The van der Waals surface area contributed by atoms with Crippen LogP contribution in [-0.4, -0.2) is 38.2 Å². The number of carbonyl (C=O) groups is 1. The van der Waals surface area contributed by atoms with Crippen LogP contribution in [0.1, 0.15) is 18.9 Å². The molecule has 0 bridgehead atoms. The number of rotatable bonds is 9. The molecule has 0 heterocycles. The summed E-state index contributed by atoms with van der Waals surface area (Å²) in [6.45, 7) is 2.45. The van der Waals surface area contributed by atoms with E-state index in [0.29, 0.717) is 31.2 Å². The number of para-hydroxylation sites is 1. The third-order valence-electron chi connectivity index (χ3n) is 2.69. The molecule has 2 N–H and O–H groups in total. The third-order valence-corrected chi connectivity index (χ3v) is 4.10. The number of hydrogen-bond donors (Lipinski definition) is 2. The molecule has 1 rings (SSSR count). The summed E-state index contributed by atoms with van der Waals surface area (Å²) in [6.07, 6.45) is -0.0768. The van der Waals surface area contributed by atoms with E-state index >= 15 is 0 Å². The molecule has 0 fully saturated rings. The average Bonchev–Trinajstić information content (AvgIpc) is 2.50. The Morgan fingerprint density at radius 1 is 1.45 bits per heavy atom. The van der Waals surface area contributed by atoms with Gasteiger partial charge in [-0.25, -0.2) is 4.79 Å². The van der Waals surface area contributed by atoms with Gasteiger partial charge in [0.25, 0.3) is 5.69 Å². The Labute approximate surface area is 130 Å². The summed E-state index contributed by atoms with van der Waals surface area (Å²) in [5.41, 5.74) is 0.249. The molecule has 0 aromatic heterocycles. The molecule has 1 aromatic carbocycles. The maximum absolute atomic E-state index is 11.5. The second kappa shape index (κ2) is 9.87. The van der Waals surface area contributed by atoms with Gasteiger partial charge in [0.15, 0.2) is 0 Å². The Morgan fingerprint density at radius 3 is 2.86 bits per heavy atom. The molecule has 0 spiro atoms. The van der Waals surface area contributed by atoms with Gasteiger partial charge in [-0.1, -0.05) is 12.1 Å². The van der Waals surface area contributed by atoms with E-state index in [2.05, 4.69) is 5.32 Å². The fourth-order valence-electron chi connectivity index (χ4n) is 1.67. The normalized spacial score (nSPS) is 10.5. The molecule has 8 nitrogen and oxygen atoms in total. The molecular formula is C13H19N2O6Si. The van der Waals surface area contributed by atoms with Crippen LogP contribution in [0.3, 0.4) is 0 Å². The zero-order valence-electron chi connectivity index (χ0n) is 12.3. The van der Waals surface area contributed by atoms with Crippen molar-refractivity contribution in [1.82, 2.24) is 5.32 Å². The van der Waals surface area contributed by atoms with Gasteiger partial charge in [-0.05, 0) is 25.5 Å². The van der Waals surface area contributed by atoms with E-state index in [0.717, 1.165) is 0 Å². The van der Waals surface area contributed by atoms with Crippen LogP contribution in [0, 0.1) is 10.1 Å². The minimum atomic E-state index is -1.77. The van der Waals surface area contributed by atoms with Gasteiger partial charge in [0.05, 0.1) is 10.5 Å². The zero-order chi connectivity index (χ0) is 16.4. The fourth-order valence-corrected chi connectivity index (χ4v) is 2.63.